The number of benzene rings is 2. The lowest BCUT2D eigenvalue weighted by molar-refractivity contribution is 0.0588. The van der Waals surface area contributed by atoms with Gasteiger partial charge in [-0.3, -0.25) is 0 Å². The number of esters is 2. The van der Waals surface area contributed by atoms with Crippen molar-refractivity contribution in [1.29, 1.82) is 0 Å². The molecule has 2 heterocycles. The summed E-state index contributed by atoms with van der Waals surface area (Å²) in [5, 5.41) is 0. The van der Waals surface area contributed by atoms with Crippen molar-refractivity contribution in [3.05, 3.63) is 56.6 Å². The van der Waals surface area contributed by atoms with Crippen LogP contribution < -0.4 is 0 Å². The number of aryl methyl sites for hydroxylation is 2. The van der Waals surface area contributed by atoms with Crippen LogP contribution >= 0.6 is 0 Å². The van der Waals surface area contributed by atoms with Gasteiger partial charge in [0.25, 0.3) is 0 Å². The summed E-state index contributed by atoms with van der Waals surface area (Å²) in [6.45, 7) is 8.77. The maximum absolute atomic E-state index is 12.9. The summed E-state index contributed by atoms with van der Waals surface area (Å²) in [6, 6.07) is 3.66. The third-order valence-corrected chi connectivity index (χ3v) is 6.23. The first kappa shape index (κ1) is 20.6. The highest BCUT2D eigenvalue weighted by atomic mass is 16.5. The van der Waals surface area contributed by atoms with Gasteiger partial charge < -0.3 is 18.9 Å². The van der Waals surface area contributed by atoms with Crippen molar-refractivity contribution in [2.75, 3.05) is 14.2 Å². The van der Waals surface area contributed by atoms with E-state index in [1.54, 1.807) is 0 Å². The van der Waals surface area contributed by atoms with Gasteiger partial charge in [0.15, 0.2) is 0 Å². The number of methoxy groups -OCH3 is 2. The number of hydrogen-bond donors (Lipinski definition) is 0. The molecule has 2 atom stereocenters. The quantitative estimate of drug-likeness (QED) is 0.682. The average molecular weight is 410 g/mol. The Morgan fingerprint density at radius 2 is 1.17 bits per heavy atom. The molecule has 2 unspecified atom stereocenters. The minimum atomic E-state index is -0.452. The predicted octanol–water partition coefficient (Wildman–Crippen LogP) is 4.73. The number of rotatable bonds is 3. The molecule has 4 rings (SSSR count). The lowest BCUT2D eigenvalue weighted by Gasteiger charge is -2.23. The van der Waals surface area contributed by atoms with Gasteiger partial charge in [0.2, 0.25) is 0 Å². The van der Waals surface area contributed by atoms with Gasteiger partial charge in [-0.05, 0) is 73.2 Å². The van der Waals surface area contributed by atoms with Crippen molar-refractivity contribution in [2.24, 2.45) is 0 Å². The van der Waals surface area contributed by atoms with E-state index in [9.17, 15) is 9.59 Å². The molecule has 0 aromatic heterocycles. The van der Waals surface area contributed by atoms with Crippen LogP contribution in [0.5, 0.6) is 0 Å². The number of carbonyl (C=O) groups is 2. The lowest BCUT2D eigenvalue weighted by Crippen LogP contribution is -2.14. The molecule has 0 radical (unpaired) electrons. The molecule has 158 valence electrons. The Hall–Kier alpha value is -2.70. The Bertz CT molecular complexity index is 983. The lowest BCUT2D eigenvalue weighted by atomic mass is 9.80. The van der Waals surface area contributed by atoms with Gasteiger partial charge in [-0.1, -0.05) is 0 Å². The van der Waals surface area contributed by atoms with E-state index in [2.05, 4.69) is 0 Å². The molecule has 2 aliphatic heterocycles. The zero-order chi connectivity index (χ0) is 21.7. The second-order valence-electron chi connectivity index (χ2n) is 7.91. The first-order valence-electron chi connectivity index (χ1n) is 10.0. The summed E-state index contributed by atoms with van der Waals surface area (Å²) < 4.78 is 22.1. The molecule has 0 bridgehead atoms. The Morgan fingerprint density at radius 3 is 1.50 bits per heavy atom. The van der Waals surface area contributed by atoms with E-state index in [1.807, 2.05) is 39.8 Å². The zero-order valence-corrected chi connectivity index (χ0v) is 18.2. The monoisotopic (exact) mass is 410 g/mol. The maximum Gasteiger partial charge on any atom is 0.338 e. The second-order valence-corrected chi connectivity index (χ2v) is 7.91. The van der Waals surface area contributed by atoms with E-state index in [-0.39, 0.29) is 12.2 Å². The molecule has 0 N–H and O–H groups in total. The molecular formula is C24H26O6. The zero-order valence-electron chi connectivity index (χ0n) is 18.2. The van der Waals surface area contributed by atoms with Gasteiger partial charge in [-0.2, -0.15) is 0 Å². The number of carbonyl (C=O) groups excluding carboxylic acids is 2. The van der Waals surface area contributed by atoms with Crippen molar-refractivity contribution >= 4 is 11.9 Å². The van der Waals surface area contributed by atoms with E-state index >= 15 is 0 Å². The molecule has 0 fully saturated rings. The molecule has 30 heavy (non-hydrogen) atoms. The molecular weight excluding hydrogens is 384 g/mol. The summed E-state index contributed by atoms with van der Waals surface area (Å²) in [5.74, 6) is -0.904. The van der Waals surface area contributed by atoms with E-state index in [4.69, 9.17) is 18.9 Å². The van der Waals surface area contributed by atoms with Crippen LogP contribution in [0, 0.1) is 13.8 Å². The van der Waals surface area contributed by atoms with Crippen molar-refractivity contribution in [3.63, 3.8) is 0 Å². The van der Waals surface area contributed by atoms with Gasteiger partial charge >= 0.3 is 11.9 Å². The standard InChI is InChI=1S/C24H26O6/c1-11-7-15(23(25)27-5)21(19-13(3)29-9-17(11)19)22-16(24(26)28-6)8-12(2)18-10-30-14(4)20(18)22/h7-8,13-14H,9-10H2,1-6H3. The molecule has 0 saturated heterocycles. The first-order valence-corrected chi connectivity index (χ1v) is 10.0. The minimum absolute atomic E-state index is 0.224. The minimum Gasteiger partial charge on any atom is -0.465 e. The second kappa shape index (κ2) is 7.52. The normalized spacial score (nSPS) is 19.4. The van der Waals surface area contributed by atoms with Gasteiger partial charge in [0.1, 0.15) is 0 Å². The largest absolute Gasteiger partial charge is 0.465 e. The number of ether oxygens (including phenoxy) is 4. The SMILES string of the molecule is COC(=O)c1cc(C)c2c(c1-c1c(C(=O)OC)cc(C)c3c1C(C)OC3)C(C)OC2. The average Bonchev–Trinajstić information content (AvgIpc) is 3.31. The molecule has 6 nitrogen and oxygen atoms in total. The molecule has 2 aromatic carbocycles. The van der Waals surface area contributed by atoms with Crippen molar-refractivity contribution in [1.82, 2.24) is 0 Å². The highest BCUT2D eigenvalue weighted by molar-refractivity contribution is 6.06. The van der Waals surface area contributed by atoms with E-state index in [0.29, 0.717) is 35.5 Å². The Labute approximate surface area is 176 Å². The summed E-state index contributed by atoms with van der Waals surface area (Å²) in [7, 11) is 2.72. The highest BCUT2D eigenvalue weighted by Crippen LogP contribution is 2.48. The molecule has 0 spiro atoms. The van der Waals surface area contributed by atoms with Crippen LogP contribution in [-0.4, -0.2) is 26.2 Å². The maximum atomic E-state index is 12.9. The molecule has 0 saturated carbocycles. The summed E-state index contributed by atoms with van der Waals surface area (Å²) in [5.41, 5.74) is 8.06. The number of fused-ring (bicyclic) bond motifs is 2. The van der Waals surface area contributed by atoms with Crippen LogP contribution in [0.25, 0.3) is 11.1 Å². The van der Waals surface area contributed by atoms with E-state index in [1.165, 1.54) is 14.2 Å². The fourth-order valence-corrected chi connectivity index (χ4v) is 4.71. The summed E-state index contributed by atoms with van der Waals surface area (Å²) >= 11 is 0. The fraction of sp³-hybridized carbons (Fsp3) is 0.417. The van der Waals surface area contributed by atoms with Gasteiger partial charge in [0.05, 0.1) is 50.8 Å². The Balaban J connectivity index is 2.19. The molecule has 2 aromatic rings. The van der Waals surface area contributed by atoms with Crippen LogP contribution in [0.3, 0.4) is 0 Å². The summed E-state index contributed by atoms with van der Waals surface area (Å²) in [4.78, 5) is 25.7. The smallest absolute Gasteiger partial charge is 0.338 e. The molecule has 0 amide bonds. The Kier molecular flexibility index (Phi) is 5.16. The van der Waals surface area contributed by atoms with Crippen LogP contribution in [0.1, 0.15) is 80.2 Å². The molecule has 0 aliphatic carbocycles. The molecule has 2 aliphatic rings. The van der Waals surface area contributed by atoms with E-state index < -0.39 is 11.9 Å². The third kappa shape index (κ3) is 2.94. The highest BCUT2D eigenvalue weighted by Gasteiger charge is 2.36. The predicted molar refractivity (Wildman–Crippen MR) is 110 cm³/mol. The van der Waals surface area contributed by atoms with Crippen molar-refractivity contribution in [2.45, 2.75) is 53.1 Å². The fourth-order valence-electron chi connectivity index (χ4n) is 4.71. The third-order valence-electron chi connectivity index (χ3n) is 6.23. The topological polar surface area (TPSA) is 71.1 Å². The van der Waals surface area contributed by atoms with Crippen LogP contribution in [0.2, 0.25) is 0 Å². The molecule has 6 heteroatoms. The van der Waals surface area contributed by atoms with Gasteiger partial charge in [-0.25, -0.2) is 9.59 Å². The van der Waals surface area contributed by atoms with Gasteiger partial charge in [-0.15, -0.1) is 0 Å². The van der Waals surface area contributed by atoms with Crippen molar-refractivity contribution < 1.29 is 28.5 Å². The Morgan fingerprint density at radius 1 is 0.800 bits per heavy atom. The van der Waals surface area contributed by atoms with Crippen LogP contribution in [0.15, 0.2) is 12.1 Å². The van der Waals surface area contributed by atoms with Crippen LogP contribution in [-0.2, 0) is 32.2 Å². The van der Waals surface area contributed by atoms with Crippen molar-refractivity contribution in [3.8, 4) is 11.1 Å². The van der Waals surface area contributed by atoms with Crippen LogP contribution in [0.4, 0.5) is 0 Å². The van der Waals surface area contributed by atoms with Gasteiger partial charge in [0, 0.05) is 11.1 Å². The number of hydrogen-bond acceptors (Lipinski definition) is 6. The van der Waals surface area contributed by atoms with E-state index in [0.717, 1.165) is 33.4 Å². The first-order chi connectivity index (χ1) is 14.3. The summed E-state index contributed by atoms with van der Waals surface area (Å²) in [6.07, 6.45) is -0.447.